The van der Waals surface area contributed by atoms with Gasteiger partial charge in [0.15, 0.2) is 0 Å². The molecule has 0 aliphatic carbocycles. The molecule has 1 aromatic rings. The zero-order valence-corrected chi connectivity index (χ0v) is 11.1. The standard InChI is InChI=1S/C14H24N2O/c1-4-13-9-15-11(2)10-16(13)12(3)8-14-6-5-7-17-14/h5-7,11-13,15H,4,8-10H2,1-3H3. The lowest BCUT2D eigenvalue weighted by Crippen LogP contribution is -2.58. The highest BCUT2D eigenvalue weighted by atomic mass is 16.3. The molecule has 96 valence electrons. The topological polar surface area (TPSA) is 28.4 Å². The fourth-order valence-electron chi connectivity index (χ4n) is 2.74. The maximum Gasteiger partial charge on any atom is 0.105 e. The van der Waals surface area contributed by atoms with E-state index < -0.39 is 0 Å². The predicted molar refractivity (Wildman–Crippen MR) is 70.1 cm³/mol. The summed E-state index contributed by atoms with van der Waals surface area (Å²) in [6, 6.07) is 5.85. The van der Waals surface area contributed by atoms with Crippen LogP contribution in [0.3, 0.4) is 0 Å². The monoisotopic (exact) mass is 236 g/mol. The molecule has 0 aromatic carbocycles. The number of furan rings is 1. The Balaban J connectivity index is 1.97. The number of nitrogens with zero attached hydrogens (tertiary/aromatic N) is 1. The van der Waals surface area contributed by atoms with Gasteiger partial charge in [-0.05, 0) is 32.4 Å². The van der Waals surface area contributed by atoms with Crippen LogP contribution >= 0.6 is 0 Å². The van der Waals surface area contributed by atoms with Crippen LogP contribution in [0.15, 0.2) is 22.8 Å². The van der Waals surface area contributed by atoms with Crippen molar-refractivity contribution < 1.29 is 4.42 Å². The third-order valence-corrected chi connectivity index (χ3v) is 3.77. The normalized spacial score (nSPS) is 28.2. The second-order valence-electron chi connectivity index (χ2n) is 5.20. The van der Waals surface area contributed by atoms with E-state index in [1.165, 1.54) is 6.42 Å². The third-order valence-electron chi connectivity index (χ3n) is 3.77. The van der Waals surface area contributed by atoms with Gasteiger partial charge in [0.05, 0.1) is 6.26 Å². The lowest BCUT2D eigenvalue weighted by atomic mass is 10.0. The van der Waals surface area contributed by atoms with E-state index in [9.17, 15) is 0 Å². The third kappa shape index (κ3) is 3.11. The van der Waals surface area contributed by atoms with Crippen LogP contribution in [-0.4, -0.2) is 36.1 Å². The number of nitrogens with one attached hydrogen (secondary N) is 1. The summed E-state index contributed by atoms with van der Waals surface area (Å²) in [4.78, 5) is 2.63. The van der Waals surface area contributed by atoms with E-state index in [1.54, 1.807) is 6.26 Å². The van der Waals surface area contributed by atoms with Crippen LogP contribution < -0.4 is 5.32 Å². The molecular formula is C14H24N2O. The van der Waals surface area contributed by atoms with E-state index in [0.717, 1.165) is 25.3 Å². The fraction of sp³-hybridized carbons (Fsp3) is 0.714. The Morgan fingerprint density at radius 1 is 1.59 bits per heavy atom. The smallest absolute Gasteiger partial charge is 0.105 e. The number of hydrogen-bond donors (Lipinski definition) is 1. The van der Waals surface area contributed by atoms with Crippen molar-refractivity contribution >= 4 is 0 Å². The predicted octanol–water partition coefficient (Wildman–Crippen LogP) is 2.28. The van der Waals surface area contributed by atoms with Gasteiger partial charge in [-0.2, -0.15) is 0 Å². The van der Waals surface area contributed by atoms with Crippen LogP contribution in [0.2, 0.25) is 0 Å². The molecule has 0 spiro atoms. The molecule has 0 amide bonds. The molecule has 3 heteroatoms. The maximum atomic E-state index is 5.45. The lowest BCUT2D eigenvalue weighted by Gasteiger charge is -2.42. The van der Waals surface area contributed by atoms with Crippen molar-refractivity contribution in [2.75, 3.05) is 13.1 Å². The first kappa shape index (κ1) is 12.7. The zero-order chi connectivity index (χ0) is 12.3. The van der Waals surface area contributed by atoms with Gasteiger partial charge in [-0.1, -0.05) is 6.92 Å². The lowest BCUT2D eigenvalue weighted by molar-refractivity contribution is 0.0880. The molecule has 17 heavy (non-hydrogen) atoms. The highest BCUT2D eigenvalue weighted by Gasteiger charge is 2.28. The molecule has 1 aliphatic heterocycles. The van der Waals surface area contributed by atoms with Crippen molar-refractivity contribution in [1.29, 1.82) is 0 Å². The van der Waals surface area contributed by atoms with Gasteiger partial charge in [-0.3, -0.25) is 4.90 Å². The highest BCUT2D eigenvalue weighted by molar-refractivity contribution is 5.01. The van der Waals surface area contributed by atoms with Gasteiger partial charge in [0, 0.05) is 37.6 Å². The second kappa shape index (κ2) is 5.69. The Morgan fingerprint density at radius 3 is 3.06 bits per heavy atom. The fourth-order valence-corrected chi connectivity index (χ4v) is 2.74. The minimum atomic E-state index is 0.552. The van der Waals surface area contributed by atoms with E-state index in [2.05, 4.69) is 37.1 Å². The largest absolute Gasteiger partial charge is 0.469 e. The van der Waals surface area contributed by atoms with Crippen LogP contribution in [-0.2, 0) is 6.42 Å². The summed E-state index contributed by atoms with van der Waals surface area (Å²) in [5.41, 5.74) is 0. The number of piperazine rings is 1. The van der Waals surface area contributed by atoms with Gasteiger partial charge < -0.3 is 9.73 Å². The van der Waals surface area contributed by atoms with Crippen molar-refractivity contribution in [1.82, 2.24) is 10.2 Å². The molecule has 2 rings (SSSR count). The van der Waals surface area contributed by atoms with Crippen LogP contribution in [0, 0.1) is 0 Å². The first-order chi connectivity index (χ1) is 8.20. The summed E-state index contributed by atoms with van der Waals surface area (Å²) < 4.78 is 5.45. The molecule has 1 saturated heterocycles. The molecule has 0 saturated carbocycles. The molecule has 1 aliphatic rings. The Bertz CT molecular complexity index is 323. The summed E-state index contributed by atoms with van der Waals surface area (Å²) in [7, 11) is 0. The van der Waals surface area contributed by atoms with Gasteiger partial charge >= 0.3 is 0 Å². The summed E-state index contributed by atoms with van der Waals surface area (Å²) >= 11 is 0. The van der Waals surface area contributed by atoms with Crippen LogP contribution in [0.4, 0.5) is 0 Å². The first-order valence-corrected chi connectivity index (χ1v) is 6.72. The molecule has 0 radical (unpaired) electrons. The summed E-state index contributed by atoms with van der Waals surface area (Å²) in [6.45, 7) is 9.09. The molecule has 1 N–H and O–H groups in total. The average Bonchev–Trinajstić information content (AvgIpc) is 2.81. The number of rotatable bonds is 4. The first-order valence-electron chi connectivity index (χ1n) is 6.72. The van der Waals surface area contributed by atoms with Gasteiger partial charge in [0.1, 0.15) is 5.76 Å². The van der Waals surface area contributed by atoms with Crippen molar-refractivity contribution in [3.8, 4) is 0 Å². The van der Waals surface area contributed by atoms with Crippen LogP contribution in [0.25, 0.3) is 0 Å². The van der Waals surface area contributed by atoms with Crippen molar-refractivity contribution in [2.45, 2.75) is 51.7 Å². The van der Waals surface area contributed by atoms with E-state index in [0.29, 0.717) is 18.1 Å². The van der Waals surface area contributed by atoms with Gasteiger partial charge in [0.2, 0.25) is 0 Å². The van der Waals surface area contributed by atoms with E-state index in [-0.39, 0.29) is 0 Å². The molecule has 2 heterocycles. The molecule has 3 atom stereocenters. The quantitative estimate of drug-likeness (QED) is 0.869. The molecule has 1 fully saturated rings. The Labute approximate surface area is 104 Å². The van der Waals surface area contributed by atoms with E-state index >= 15 is 0 Å². The van der Waals surface area contributed by atoms with Crippen molar-refractivity contribution in [3.63, 3.8) is 0 Å². The highest BCUT2D eigenvalue weighted by Crippen LogP contribution is 2.17. The molecule has 0 bridgehead atoms. The summed E-state index contributed by atoms with van der Waals surface area (Å²) in [5.74, 6) is 1.10. The molecular weight excluding hydrogens is 212 g/mol. The van der Waals surface area contributed by atoms with Gasteiger partial charge in [-0.15, -0.1) is 0 Å². The van der Waals surface area contributed by atoms with Crippen LogP contribution in [0.1, 0.15) is 33.0 Å². The summed E-state index contributed by atoms with van der Waals surface area (Å²) in [6.07, 6.45) is 3.98. The zero-order valence-electron chi connectivity index (χ0n) is 11.1. The average molecular weight is 236 g/mol. The SMILES string of the molecule is CCC1CNC(C)CN1C(C)Cc1ccco1. The van der Waals surface area contributed by atoms with Crippen molar-refractivity contribution in [2.24, 2.45) is 0 Å². The Kier molecular flexibility index (Phi) is 4.24. The molecule has 1 aromatic heterocycles. The van der Waals surface area contributed by atoms with Crippen molar-refractivity contribution in [3.05, 3.63) is 24.2 Å². The van der Waals surface area contributed by atoms with Gasteiger partial charge in [-0.25, -0.2) is 0 Å². The van der Waals surface area contributed by atoms with Crippen LogP contribution in [0.5, 0.6) is 0 Å². The summed E-state index contributed by atoms with van der Waals surface area (Å²) in [5, 5.41) is 3.56. The Hall–Kier alpha value is -0.800. The van der Waals surface area contributed by atoms with Gasteiger partial charge in [0.25, 0.3) is 0 Å². The van der Waals surface area contributed by atoms with E-state index in [1.807, 2.05) is 6.07 Å². The second-order valence-corrected chi connectivity index (χ2v) is 5.20. The minimum absolute atomic E-state index is 0.552. The maximum absolute atomic E-state index is 5.45. The molecule has 3 unspecified atom stereocenters. The Morgan fingerprint density at radius 2 is 2.41 bits per heavy atom. The minimum Gasteiger partial charge on any atom is -0.469 e. The molecule has 3 nitrogen and oxygen atoms in total. The number of hydrogen-bond acceptors (Lipinski definition) is 3. The van der Waals surface area contributed by atoms with E-state index in [4.69, 9.17) is 4.42 Å².